The summed E-state index contributed by atoms with van der Waals surface area (Å²) < 4.78 is 13.1. The molecule has 86 valence electrons. The largest absolute Gasteiger partial charge is 0.207 e. The van der Waals surface area contributed by atoms with Crippen molar-refractivity contribution < 1.29 is 4.39 Å². The van der Waals surface area contributed by atoms with Crippen molar-refractivity contribution in [3.63, 3.8) is 0 Å². The van der Waals surface area contributed by atoms with Gasteiger partial charge in [-0.15, -0.1) is 0 Å². The fourth-order valence-corrected chi connectivity index (χ4v) is 1.38. The minimum absolute atomic E-state index is 0.0833. The molecule has 0 unspecified atom stereocenters. The van der Waals surface area contributed by atoms with E-state index in [1.165, 1.54) is 18.9 Å². The first-order chi connectivity index (χ1) is 7.04. The van der Waals surface area contributed by atoms with Gasteiger partial charge in [-0.05, 0) is 30.0 Å². The third-order valence-electron chi connectivity index (χ3n) is 2.35. The van der Waals surface area contributed by atoms with Crippen molar-refractivity contribution in [3.8, 4) is 0 Å². The van der Waals surface area contributed by atoms with E-state index in [2.05, 4.69) is 13.8 Å². The molecule has 0 fully saturated rings. The van der Waals surface area contributed by atoms with Gasteiger partial charge in [-0.1, -0.05) is 52.7 Å². The van der Waals surface area contributed by atoms with Crippen molar-refractivity contribution in [3.05, 3.63) is 35.1 Å². The Kier molecular flexibility index (Phi) is 7.02. The van der Waals surface area contributed by atoms with Crippen molar-refractivity contribution in [2.45, 2.75) is 53.4 Å². The van der Waals surface area contributed by atoms with Gasteiger partial charge in [0, 0.05) is 0 Å². The van der Waals surface area contributed by atoms with Gasteiger partial charge in [0.15, 0.2) is 0 Å². The summed E-state index contributed by atoms with van der Waals surface area (Å²) in [4.78, 5) is 0. The highest BCUT2D eigenvalue weighted by Gasteiger charge is 2.07. The second-order valence-corrected chi connectivity index (χ2v) is 4.13. The maximum absolute atomic E-state index is 13.1. The zero-order valence-electron chi connectivity index (χ0n) is 10.6. The van der Waals surface area contributed by atoms with Gasteiger partial charge in [0.2, 0.25) is 0 Å². The molecule has 0 aromatic heterocycles. The lowest BCUT2D eigenvalue weighted by atomic mass is 9.98. The number of hydrogen-bond acceptors (Lipinski definition) is 0. The number of unbranched alkanes of at least 4 members (excludes halogenated alkanes) is 1. The molecule has 0 aliphatic heterocycles. The van der Waals surface area contributed by atoms with Crippen molar-refractivity contribution in [1.29, 1.82) is 0 Å². The zero-order chi connectivity index (χ0) is 11.8. The molecule has 0 heterocycles. The number of hydrogen-bond donors (Lipinski definition) is 0. The SMILES string of the molecule is CCCC.Cc1cccc(F)c1C(C)C. The van der Waals surface area contributed by atoms with Crippen LogP contribution in [-0.2, 0) is 0 Å². The average molecular weight is 210 g/mol. The maximum Gasteiger partial charge on any atom is 0.126 e. The Bertz CT molecular complexity index is 254. The van der Waals surface area contributed by atoms with E-state index >= 15 is 0 Å². The van der Waals surface area contributed by atoms with Crippen LogP contribution < -0.4 is 0 Å². The van der Waals surface area contributed by atoms with Gasteiger partial charge in [0.25, 0.3) is 0 Å². The topological polar surface area (TPSA) is 0 Å². The van der Waals surface area contributed by atoms with Crippen molar-refractivity contribution >= 4 is 0 Å². The smallest absolute Gasteiger partial charge is 0.126 e. The lowest BCUT2D eigenvalue weighted by Gasteiger charge is -2.09. The first kappa shape index (κ1) is 14.2. The predicted octanol–water partition coefficient (Wildman–Crippen LogP) is 5.06. The van der Waals surface area contributed by atoms with Crippen LogP contribution in [0.15, 0.2) is 18.2 Å². The number of aryl methyl sites for hydroxylation is 1. The highest BCUT2D eigenvalue weighted by molar-refractivity contribution is 5.29. The molecule has 0 N–H and O–H groups in total. The van der Waals surface area contributed by atoms with Crippen LogP contribution >= 0.6 is 0 Å². The highest BCUT2D eigenvalue weighted by atomic mass is 19.1. The van der Waals surface area contributed by atoms with E-state index in [1.54, 1.807) is 6.07 Å². The molecule has 0 atom stereocenters. The molecule has 0 saturated heterocycles. The van der Waals surface area contributed by atoms with Gasteiger partial charge in [0.05, 0.1) is 0 Å². The van der Waals surface area contributed by atoms with Gasteiger partial charge < -0.3 is 0 Å². The summed E-state index contributed by atoms with van der Waals surface area (Å²) in [5.41, 5.74) is 1.88. The van der Waals surface area contributed by atoms with Crippen LogP contribution in [0.25, 0.3) is 0 Å². The molecule has 0 saturated carbocycles. The number of halogens is 1. The summed E-state index contributed by atoms with van der Waals surface area (Å²) in [7, 11) is 0. The average Bonchev–Trinajstić information content (AvgIpc) is 2.17. The summed E-state index contributed by atoms with van der Waals surface area (Å²) in [6.07, 6.45) is 2.64. The molecule has 0 aliphatic carbocycles. The van der Waals surface area contributed by atoms with Crippen molar-refractivity contribution in [1.82, 2.24) is 0 Å². The maximum atomic E-state index is 13.1. The third-order valence-corrected chi connectivity index (χ3v) is 2.35. The Morgan fingerprint density at radius 3 is 1.93 bits per heavy atom. The number of rotatable bonds is 2. The normalized spacial score (nSPS) is 9.80. The standard InChI is InChI=1S/C10H13F.C4H10/c1-7(2)10-8(3)5-4-6-9(10)11;1-3-4-2/h4-7H,1-3H3;3-4H2,1-2H3. The highest BCUT2D eigenvalue weighted by Crippen LogP contribution is 2.21. The Hall–Kier alpha value is -0.850. The molecule has 0 nitrogen and oxygen atoms in total. The lowest BCUT2D eigenvalue weighted by Crippen LogP contribution is -1.95. The monoisotopic (exact) mass is 210 g/mol. The molecule has 15 heavy (non-hydrogen) atoms. The van der Waals surface area contributed by atoms with Gasteiger partial charge in [0.1, 0.15) is 5.82 Å². The Morgan fingerprint density at radius 1 is 1.13 bits per heavy atom. The molecule has 0 bridgehead atoms. The van der Waals surface area contributed by atoms with Crippen molar-refractivity contribution in [2.24, 2.45) is 0 Å². The van der Waals surface area contributed by atoms with Crippen LogP contribution in [0, 0.1) is 12.7 Å². The quantitative estimate of drug-likeness (QED) is 0.639. The lowest BCUT2D eigenvalue weighted by molar-refractivity contribution is 0.596. The van der Waals surface area contributed by atoms with Gasteiger partial charge in [-0.2, -0.15) is 0 Å². The van der Waals surface area contributed by atoms with Crippen LogP contribution in [-0.4, -0.2) is 0 Å². The van der Waals surface area contributed by atoms with Crippen LogP contribution in [0.2, 0.25) is 0 Å². The van der Waals surface area contributed by atoms with E-state index in [1.807, 2.05) is 26.8 Å². The fourth-order valence-electron chi connectivity index (χ4n) is 1.38. The van der Waals surface area contributed by atoms with E-state index in [-0.39, 0.29) is 11.7 Å². The minimum Gasteiger partial charge on any atom is -0.207 e. The molecule has 0 aliphatic rings. The van der Waals surface area contributed by atoms with Crippen molar-refractivity contribution in [2.75, 3.05) is 0 Å². The fraction of sp³-hybridized carbons (Fsp3) is 0.571. The van der Waals surface area contributed by atoms with Crippen LogP contribution in [0.3, 0.4) is 0 Å². The first-order valence-electron chi connectivity index (χ1n) is 5.79. The second-order valence-electron chi connectivity index (χ2n) is 4.13. The molecule has 1 aromatic rings. The van der Waals surface area contributed by atoms with Gasteiger partial charge in [-0.25, -0.2) is 4.39 Å². The van der Waals surface area contributed by atoms with Gasteiger partial charge in [-0.3, -0.25) is 0 Å². The molecule has 1 heteroatoms. The van der Waals surface area contributed by atoms with E-state index in [4.69, 9.17) is 0 Å². The minimum atomic E-state index is -0.0833. The molecule has 0 spiro atoms. The Morgan fingerprint density at radius 2 is 1.67 bits per heavy atom. The number of benzene rings is 1. The Labute approximate surface area is 93.5 Å². The summed E-state index contributed by atoms with van der Waals surface area (Å²) in [6, 6.07) is 5.21. The first-order valence-corrected chi connectivity index (χ1v) is 5.79. The van der Waals surface area contributed by atoms with Gasteiger partial charge >= 0.3 is 0 Å². The van der Waals surface area contributed by atoms with E-state index in [0.717, 1.165) is 11.1 Å². The molecule has 0 radical (unpaired) electrons. The molecule has 1 aromatic carbocycles. The summed E-state index contributed by atoms with van der Waals surface area (Å²) in [5, 5.41) is 0. The second kappa shape index (κ2) is 7.44. The third kappa shape index (κ3) is 4.96. The molecule has 1 rings (SSSR count). The van der Waals surface area contributed by atoms with Crippen LogP contribution in [0.1, 0.15) is 57.6 Å². The van der Waals surface area contributed by atoms with E-state index in [0.29, 0.717) is 0 Å². The van der Waals surface area contributed by atoms with E-state index < -0.39 is 0 Å². The summed E-state index contributed by atoms with van der Waals surface area (Å²) in [5.74, 6) is 0.191. The summed E-state index contributed by atoms with van der Waals surface area (Å²) >= 11 is 0. The molecular formula is C14H23F. The molecular weight excluding hydrogens is 187 g/mol. The predicted molar refractivity (Wildman–Crippen MR) is 65.8 cm³/mol. The Balaban J connectivity index is 0.000000423. The summed E-state index contributed by atoms with van der Waals surface area (Å²) in [6.45, 7) is 10.3. The molecule has 0 amide bonds. The van der Waals surface area contributed by atoms with Crippen LogP contribution in [0.4, 0.5) is 4.39 Å². The van der Waals surface area contributed by atoms with E-state index in [9.17, 15) is 4.39 Å². The van der Waals surface area contributed by atoms with Crippen LogP contribution in [0.5, 0.6) is 0 Å². The zero-order valence-corrected chi connectivity index (χ0v) is 10.6.